The lowest BCUT2D eigenvalue weighted by Crippen LogP contribution is -2.20. The van der Waals surface area contributed by atoms with Gasteiger partial charge in [0.2, 0.25) is 5.91 Å². The topological polar surface area (TPSA) is 81.4 Å². The molecule has 2 heterocycles. The summed E-state index contributed by atoms with van der Waals surface area (Å²) in [5, 5.41) is 8.55. The molecule has 0 fully saturated rings. The normalized spacial score (nSPS) is 12.1. The molecule has 0 aliphatic rings. The molecule has 0 radical (unpaired) electrons. The van der Waals surface area contributed by atoms with E-state index in [1.54, 1.807) is 4.52 Å². The molecular formula is C26H23N5O2S. The number of rotatable bonds is 7. The fourth-order valence-electron chi connectivity index (χ4n) is 3.77. The number of amides is 1. The van der Waals surface area contributed by atoms with Crippen LogP contribution in [0.15, 0.2) is 84.0 Å². The SMILES string of the molecule is CCOc1ccccc1NC(=O)[C@H](Sc1nc2ccccc2c2nc(C)nn12)c1ccccc1. The number of nitrogens with one attached hydrogen (secondary N) is 1. The molecule has 34 heavy (non-hydrogen) atoms. The summed E-state index contributed by atoms with van der Waals surface area (Å²) in [6.07, 6.45) is 0. The number of benzene rings is 3. The molecule has 0 aliphatic heterocycles. The van der Waals surface area contributed by atoms with Crippen molar-refractivity contribution in [1.82, 2.24) is 19.6 Å². The van der Waals surface area contributed by atoms with E-state index in [2.05, 4.69) is 15.4 Å². The summed E-state index contributed by atoms with van der Waals surface area (Å²) in [7, 11) is 0. The number of nitrogens with zero attached hydrogens (tertiary/aromatic N) is 4. The molecule has 1 atom stereocenters. The molecule has 0 saturated carbocycles. The number of hydrogen-bond donors (Lipinski definition) is 1. The van der Waals surface area contributed by atoms with Crippen molar-refractivity contribution >= 4 is 39.9 Å². The lowest BCUT2D eigenvalue weighted by Gasteiger charge is -2.18. The lowest BCUT2D eigenvalue weighted by atomic mass is 10.1. The Balaban J connectivity index is 1.56. The Labute approximate surface area is 201 Å². The van der Waals surface area contributed by atoms with Gasteiger partial charge in [-0.25, -0.2) is 9.97 Å². The Morgan fingerprint density at radius 2 is 1.74 bits per heavy atom. The van der Waals surface area contributed by atoms with Gasteiger partial charge in [0.25, 0.3) is 0 Å². The molecule has 8 heteroatoms. The minimum atomic E-state index is -0.572. The molecule has 3 aromatic carbocycles. The van der Waals surface area contributed by atoms with Crippen LogP contribution in [-0.2, 0) is 4.79 Å². The van der Waals surface area contributed by atoms with Crippen molar-refractivity contribution in [1.29, 1.82) is 0 Å². The van der Waals surface area contributed by atoms with Crippen LogP contribution in [0.5, 0.6) is 5.75 Å². The smallest absolute Gasteiger partial charge is 0.242 e. The lowest BCUT2D eigenvalue weighted by molar-refractivity contribution is -0.115. The first kappa shape index (κ1) is 21.9. The Kier molecular flexibility index (Phi) is 6.14. The van der Waals surface area contributed by atoms with Crippen molar-refractivity contribution in [2.45, 2.75) is 24.3 Å². The van der Waals surface area contributed by atoms with Gasteiger partial charge in [0.15, 0.2) is 10.8 Å². The maximum Gasteiger partial charge on any atom is 0.242 e. The van der Waals surface area contributed by atoms with Gasteiger partial charge in [0.05, 0.1) is 17.8 Å². The highest BCUT2D eigenvalue weighted by Crippen LogP contribution is 2.37. The van der Waals surface area contributed by atoms with Gasteiger partial charge in [-0.1, -0.05) is 66.4 Å². The van der Waals surface area contributed by atoms with Gasteiger partial charge < -0.3 is 10.1 Å². The first-order chi connectivity index (χ1) is 16.6. The summed E-state index contributed by atoms with van der Waals surface area (Å²) in [6, 6.07) is 24.9. The van der Waals surface area contributed by atoms with Crippen molar-refractivity contribution in [2.75, 3.05) is 11.9 Å². The van der Waals surface area contributed by atoms with Crippen LogP contribution in [0.4, 0.5) is 5.69 Å². The monoisotopic (exact) mass is 469 g/mol. The maximum absolute atomic E-state index is 13.6. The van der Waals surface area contributed by atoms with Gasteiger partial charge in [-0.3, -0.25) is 4.79 Å². The van der Waals surface area contributed by atoms with Crippen LogP contribution in [0.2, 0.25) is 0 Å². The summed E-state index contributed by atoms with van der Waals surface area (Å²) < 4.78 is 7.42. The molecule has 7 nitrogen and oxygen atoms in total. The van der Waals surface area contributed by atoms with Crippen LogP contribution in [0, 0.1) is 6.92 Å². The van der Waals surface area contributed by atoms with Gasteiger partial charge >= 0.3 is 0 Å². The highest BCUT2D eigenvalue weighted by atomic mass is 32.2. The van der Waals surface area contributed by atoms with Gasteiger partial charge in [0.1, 0.15) is 16.8 Å². The highest BCUT2D eigenvalue weighted by Gasteiger charge is 2.26. The van der Waals surface area contributed by atoms with Gasteiger partial charge in [-0.15, -0.1) is 5.10 Å². The average molecular weight is 470 g/mol. The maximum atomic E-state index is 13.6. The minimum absolute atomic E-state index is 0.178. The van der Waals surface area contributed by atoms with Crippen LogP contribution in [0.1, 0.15) is 23.6 Å². The van der Waals surface area contributed by atoms with Crippen molar-refractivity contribution in [2.24, 2.45) is 0 Å². The number of para-hydroxylation sites is 3. The zero-order valence-electron chi connectivity index (χ0n) is 18.8. The second kappa shape index (κ2) is 9.52. The Morgan fingerprint density at radius 3 is 2.56 bits per heavy atom. The van der Waals surface area contributed by atoms with E-state index in [4.69, 9.17) is 9.72 Å². The largest absolute Gasteiger partial charge is 0.492 e. The molecule has 0 saturated heterocycles. The summed E-state index contributed by atoms with van der Waals surface area (Å²) in [5.41, 5.74) is 3.02. The van der Waals surface area contributed by atoms with E-state index in [1.165, 1.54) is 11.8 Å². The molecule has 1 N–H and O–H groups in total. The van der Waals surface area contributed by atoms with E-state index in [-0.39, 0.29) is 5.91 Å². The molecule has 1 amide bonds. The van der Waals surface area contributed by atoms with Crippen molar-refractivity contribution in [3.05, 3.63) is 90.3 Å². The molecule has 0 unspecified atom stereocenters. The van der Waals surface area contributed by atoms with Gasteiger partial charge in [-0.05, 0) is 43.7 Å². The quantitative estimate of drug-likeness (QED) is 0.252. The first-order valence-corrected chi connectivity index (χ1v) is 11.9. The predicted octanol–water partition coefficient (Wildman–Crippen LogP) is 5.46. The summed E-state index contributed by atoms with van der Waals surface area (Å²) in [4.78, 5) is 23.1. The molecular weight excluding hydrogens is 446 g/mol. The van der Waals surface area contributed by atoms with E-state index in [0.717, 1.165) is 22.1 Å². The van der Waals surface area contributed by atoms with Crippen LogP contribution < -0.4 is 10.1 Å². The van der Waals surface area contributed by atoms with Crippen molar-refractivity contribution < 1.29 is 9.53 Å². The fraction of sp³-hybridized carbons (Fsp3) is 0.154. The molecule has 0 aliphatic carbocycles. The third kappa shape index (κ3) is 4.32. The van der Waals surface area contributed by atoms with E-state index in [9.17, 15) is 4.79 Å². The van der Waals surface area contributed by atoms with E-state index >= 15 is 0 Å². The number of thioether (sulfide) groups is 1. The Bertz CT molecular complexity index is 1470. The van der Waals surface area contributed by atoms with Gasteiger partial charge in [-0.2, -0.15) is 4.52 Å². The molecule has 5 rings (SSSR count). The second-order valence-corrected chi connectivity index (χ2v) is 8.71. The van der Waals surface area contributed by atoms with Crippen LogP contribution >= 0.6 is 11.8 Å². The van der Waals surface area contributed by atoms with Crippen LogP contribution in [0.25, 0.3) is 16.6 Å². The standard InChI is InChI=1S/C26H23N5O2S/c1-3-33-22-16-10-9-15-21(22)28-25(32)23(18-11-5-4-6-12-18)34-26-29-20-14-8-7-13-19(20)24-27-17(2)30-31(24)26/h4-16,23H,3H2,1-2H3,(H,28,32)/t23-/m1/s1. The van der Waals surface area contributed by atoms with Crippen LogP contribution in [0.3, 0.4) is 0 Å². The first-order valence-electron chi connectivity index (χ1n) is 11.0. The van der Waals surface area contributed by atoms with E-state index in [1.807, 2.05) is 92.7 Å². The van der Waals surface area contributed by atoms with E-state index < -0.39 is 5.25 Å². The number of fused-ring (bicyclic) bond motifs is 3. The molecule has 170 valence electrons. The summed E-state index contributed by atoms with van der Waals surface area (Å²) in [5.74, 6) is 1.10. The van der Waals surface area contributed by atoms with Gasteiger partial charge in [0, 0.05) is 5.39 Å². The Morgan fingerprint density at radius 1 is 1.00 bits per heavy atom. The number of hydrogen-bond acceptors (Lipinski definition) is 6. The number of anilines is 1. The van der Waals surface area contributed by atoms with E-state index in [0.29, 0.717) is 29.0 Å². The molecule has 2 aromatic heterocycles. The predicted molar refractivity (Wildman–Crippen MR) is 134 cm³/mol. The molecule has 0 bridgehead atoms. The number of ether oxygens (including phenoxy) is 1. The number of aromatic nitrogens is 4. The van der Waals surface area contributed by atoms with Crippen LogP contribution in [-0.4, -0.2) is 32.1 Å². The molecule has 0 spiro atoms. The number of carbonyl (C=O) groups excluding carboxylic acids is 1. The second-order valence-electron chi connectivity index (χ2n) is 7.63. The minimum Gasteiger partial charge on any atom is -0.492 e. The number of carbonyl (C=O) groups is 1. The summed E-state index contributed by atoms with van der Waals surface area (Å²) in [6.45, 7) is 4.27. The third-order valence-corrected chi connectivity index (χ3v) is 6.46. The molecule has 5 aromatic rings. The van der Waals surface area contributed by atoms with Crippen molar-refractivity contribution in [3.8, 4) is 5.75 Å². The third-order valence-electron chi connectivity index (χ3n) is 5.26. The summed E-state index contributed by atoms with van der Waals surface area (Å²) >= 11 is 1.34. The zero-order chi connectivity index (χ0) is 23.5. The van der Waals surface area contributed by atoms with Crippen molar-refractivity contribution in [3.63, 3.8) is 0 Å². The number of aryl methyl sites for hydroxylation is 1. The highest BCUT2D eigenvalue weighted by molar-refractivity contribution is 8.00. The fourth-order valence-corrected chi connectivity index (χ4v) is 4.81. The zero-order valence-corrected chi connectivity index (χ0v) is 19.6. The average Bonchev–Trinajstić information content (AvgIpc) is 3.26. The Hall–Kier alpha value is -3.91.